The highest BCUT2D eigenvalue weighted by molar-refractivity contribution is 5.28. The Morgan fingerprint density at radius 2 is 2.00 bits per heavy atom. The van der Waals surface area contributed by atoms with Crippen LogP contribution in [0.2, 0.25) is 0 Å². The second kappa shape index (κ2) is 6.95. The molecule has 0 saturated carbocycles. The highest BCUT2D eigenvalue weighted by Gasteiger charge is 1.97. The van der Waals surface area contributed by atoms with Gasteiger partial charge >= 0.3 is 0 Å². The van der Waals surface area contributed by atoms with Gasteiger partial charge in [0, 0.05) is 13.2 Å². The maximum Gasteiger partial charge on any atom is 0.119 e. The van der Waals surface area contributed by atoms with Crippen LogP contribution in [0, 0.1) is 0 Å². The number of hydrogen-bond acceptors (Lipinski definition) is 3. The van der Waals surface area contributed by atoms with Crippen LogP contribution in [0.1, 0.15) is 11.1 Å². The first-order valence-electron chi connectivity index (χ1n) is 6.59. The van der Waals surface area contributed by atoms with Crippen molar-refractivity contribution in [3.63, 3.8) is 0 Å². The SMILES string of the molecule is COc1cccc(CCNCCc2cnn(C)c2)c1. The largest absolute Gasteiger partial charge is 0.497 e. The van der Waals surface area contributed by atoms with Gasteiger partial charge in [-0.15, -0.1) is 0 Å². The lowest BCUT2D eigenvalue weighted by atomic mass is 10.1. The van der Waals surface area contributed by atoms with Crippen LogP contribution >= 0.6 is 0 Å². The zero-order chi connectivity index (χ0) is 13.5. The van der Waals surface area contributed by atoms with Gasteiger partial charge in [0.25, 0.3) is 0 Å². The minimum Gasteiger partial charge on any atom is -0.497 e. The van der Waals surface area contributed by atoms with E-state index in [0.717, 1.165) is 31.7 Å². The van der Waals surface area contributed by atoms with E-state index in [-0.39, 0.29) is 0 Å². The fraction of sp³-hybridized carbons (Fsp3) is 0.400. The lowest BCUT2D eigenvalue weighted by Crippen LogP contribution is -2.20. The first kappa shape index (κ1) is 13.6. The molecule has 0 fully saturated rings. The first-order chi connectivity index (χ1) is 9.28. The van der Waals surface area contributed by atoms with Gasteiger partial charge in [-0.3, -0.25) is 4.68 Å². The van der Waals surface area contributed by atoms with E-state index >= 15 is 0 Å². The minimum atomic E-state index is 0.924. The minimum absolute atomic E-state index is 0.924. The van der Waals surface area contributed by atoms with Crippen LogP contribution in [0.4, 0.5) is 0 Å². The van der Waals surface area contributed by atoms with E-state index in [0.29, 0.717) is 0 Å². The highest BCUT2D eigenvalue weighted by Crippen LogP contribution is 2.12. The number of aromatic nitrogens is 2. The molecule has 1 N–H and O–H groups in total. The Balaban J connectivity index is 1.66. The predicted octanol–water partition coefficient (Wildman–Crippen LogP) is 1.80. The van der Waals surface area contributed by atoms with Crippen molar-refractivity contribution in [3.05, 3.63) is 47.8 Å². The molecule has 0 atom stereocenters. The lowest BCUT2D eigenvalue weighted by molar-refractivity contribution is 0.414. The summed E-state index contributed by atoms with van der Waals surface area (Å²) >= 11 is 0. The maximum absolute atomic E-state index is 5.21. The van der Waals surface area contributed by atoms with Crippen molar-refractivity contribution in [1.82, 2.24) is 15.1 Å². The molecular formula is C15H21N3O. The second-order valence-corrected chi connectivity index (χ2v) is 4.62. The molecular weight excluding hydrogens is 238 g/mol. The monoisotopic (exact) mass is 259 g/mol. The van der Waals surface area contributed by atoms with Crippen molar-refractivity contribution < 1.29 is 4.74 Å². The molecule has 2 aromatic rings. The first-order valence-corrected chi connectivity index (χ1v) is 6.59. The Bertz CT molecular complexity index is 508. The quantitative estimate of drug-likeness (QED) is 0.771. The smallest absolute Gasteiger partial charge is 0.119 e. The molecule has 102 valence electrons. The zero-order valence-corrected chi connectivity index (χ0v) is 11.6. The number of hydrogen-bond donors (Lipinski definition) is 1. The molecule has 0 aliphatic rings. The van der Waals surface area contributed by atoms with Gasteiger partial charge in [0.1, 0.15) is 5.75 Å². The summed E-state index contributed by atoms with van der Waals surface area (Å²) in [5.74, 6) is 0.924. The van der Waals surface area contributed by atoms with Crippen LogP contribution in [0.3, 0.4) is 0 Å². The number of nitrogens with one attached hydrogen (secondary N) is 1. The van der Waals surface area contributed by atoms with Gasteiger partial charge in [0.15, 0.2) is 0 Å². The Morgan fingerprint density at radius 1 is 1.21 bits per heavy atom. The van der Waals surface area contributed by atoms with E-state index in [9.17, 15) is 0 Å². The Hall–Kier alpha value is -1.81. The molecule has 0 saturated heterocycles. The van der Waals surface area contributed by atoms with E-state index in [4.69, 9.17) is 4.74 Å². The summed E-state index contributed by atoms with van der Waals surface area (Å²) in [5, 5.41) is 7.61. The van der Waals surface area contributed by atoms with E-state index < -0.39 is 0 Å². The summed E-state index contributed by atoms with van der Waals surface area (Å²) in [7, 11) is 3.64. The van der Waals surface area contributed by atoms with Gasteiger partial charge < -0.3 is 10.1 Å². The number of rotatable bonds is 7. The summed E-state index contributed by atoms with van der Waals surface area (Å²) in [5.41, 5.74) is 2.57. The van der Waals surface area contributed by atoms with Gasteiger partial charge in [0.2, 0.25) is 0 Å². The molecule has 19 heavy (non-hydrogen) atoms. The average Bonchev–Trinajstić information content (AvgIpc) is 2.84. The number of methoxy groups -OCH3 is 1. The van der Waals surface area contributed by atoms with Crippen molar-refractivity contribution in [2.75, 3.05) is 20.2 Å². The number of nitrogens with zero attached hydrogens (tertiary/aromatic N) is 2. The van der Waals surface area contributed by atoms with Crippen molar-refractivity contribution in [1.29, 1.82) is 0 Å². The second-order valence-electron chi connectivity index (χ2n) is 4.62. The molecule has 1 aromatic carbocycles. The molecule has 1 aromatic heterocycles. The van der Waals surface area contributed by atoms with Crippen molar-refractivity contribution >= 4 is 0 Å². The van der Waals surface area contributed by atoms with Gasteiger partial charge in [-0.1, -0.05) is 12.1 Å². The van der Waals surface area contributed by atoms with E-state index in [1.807, 2.05) is 30.1 Å². The molecule has 0 aliphatic carbocycles. The number of ether oxygens (including phenoxy) is 1. The van der Waals surface area contributed by atoms with Crippen molar-refractivity contribution in [3.8, 4) is 5.75 Å². The highest BCUT2D eigenvalue weighted by atomic mass is 16.5. The summed E-state index contributed by atoms with van der Waals surface area (Å²) in [6.07, 6.45) is 6.02. The lowest BCUT2D eigenvalue weighted by Gasteiger charge is -2.06. The number of benzene rings is 1. The molecule has 4 heteroatoms. The fourth-order valence-electron chi connectivity index (χ4n) is 2.02. The topological polar surface area (TPSA) is 39.1 Å². The molecule has 2 rings (SSSR count). The molecule has 0 unspecified atom stereocenters. The predicted molar refractivity (Wildman–Crippen MR) is 76.5 cm³/mol. The third kappa shape index (κ3) is 4.41. The molecule has 1 heterocycles. The molecule has 0 amide bonds. The van der Waals surface area contributed by atoms with Gasteiger partial charge in [-0.05, 0) is 49.2 Å². The van der Waals surface area contributed by atoms with Gasteiger partial charge in [0.05, 0.1) is 13.3 Å². The Kier molecular flexibility index (Phi) is 4.98. The zero-order valence-electron chi connectivity index (χ0n) is 11.6. The maximum atomic E-state index is 5.21. The third-order valence-electron chi connectivity index (χ3n) is 3.07. The molecule has 0 spiro atoms. The molecule has 0 bridgehead atoms. The Morgan fingerprint density at radius 3 is 2.68 bits per heavy atom. The third-order valence-corrected chi connectivity index (χ3v) is 3.07. The van der Waals surface area contributed by atoms with Crippen molar-refractivity contribution in [2.45, 2.75) is 12.8 Å². The standard InChI is InChI=1S/C15H21N3O/c1-18-12-14(11-17-18)7-9-16-8-6-13-4-3-5-15(10-13)19-2/h3-5,10-12,16H,6-9H2,1-2H3. The average molecular weight is 259 g/mol. The number of aryl methyl sites for hydroxylation is 1. The summed E-state index contributed by atoms with van der Waals surface area (Å²) < 4.78 is 7.05. The van der Waals surface area contributed by atoms with Crippen LogP contribution in [0.25, 0.3) is 0 Å². The fourth-order valence-corrected chi connectivity index (χ4v) is 2.02. The molecule has 0 radical (unpaired) electrons. The summed E-state index contributed by atoms with van der Waals surface area (Å²) in [4.78, 5) is 0. The van der Waals surface area contributed by atoms with Crippen LogP contribution in [-0.4, -0.2) is 30.0 Å². The Labute approximate surface area is 114 Å². The normalized spacial score (nSPS) is 10.6. The van der Waals surface area contributed by atoms with Crippen LogP contribution in [0.15, 0.2) is 36.7 Å². The van der Waals surface area contributed by atoms with Crippen LogP contribution in [-0.2, 0) is 19.9 Å². The van der Waals surface area contributed by atoms with Gasteiger partial charge in [-0.25, -0.2) is 0 Å². The van der Waals surface area contributed by atoms with E-state index in [1.165, 1.54) is 11.1 Å². The van der Waals surface area contributed by atoms with E-state index in [1.54, 1.807) is 7.11 Å². The van der Waals surface area contributed by atoms with Crippen LogP contribution in [0.5, 0.6) is 5.75 Å². The van der Waals surface area contributed by atoms with Gasteiger partial charge in [-0.2, -0.15) is 5.10 Å². The summed E-state index contributed by atoms with van der Waals surface area (Å²) in [6, 6.07) is 8.22. The summed E-state index contributed by atoms with van der Waals surface area (Å²) in [6.45, 7) is 1.96. The molecule has 4 nitrogen and oxygen atoms in total. The molecule has 0 aliphatic heterocycles. The van der Waals surface area contributed by atoms with Crippen molar-refractivity contribution in [2.24, 2.45) is 7.05 Å². The van der Waals surface area contributed by atoms with E-state index in [2.05, 4.69) is 28.7 Å². The van der Waals surface area contributed by atoms with Crippen LogP contribution < -0.4 is 10.1 Å².